The number of pyridine rings is 1. The fraction of sp³-hybridized carbons (Fsp3) is 0.350. The number of aliphatic imine (C=N–C) groups is 1. The number of nitriles is 1. The molecule has 7 heteroatoms. The Morgan fingerprint density at radius 1 is 1.19 bits per heavy atom. The normalized spacial score (nSPS) is 10.9. The standard InChI is InChI=1S/C20H24ClN5O/c1-16-12-18(14-23-13-16)26-20(25-15-22)24-10-4-2-3-5-11-27-19-8-6-17(21)7-9-19/h6-9,12-14H,2-5,10-11H2,1H3,(H2,24,25,26). The molecule has 1 aromatic heterocycles. The number of hydrogen-bond donors (Lipinski definition) is 2. The largest absolute Gasteiger partial charge is 0.494 e. The maximum atomic E-state index is 8.82. The lowest BCUT2D eigenvalue weighted by Gasteiger charge is -2.11. The summed E-state index contributed by atoms with van der Waals surface area (Å²) in [6, 6.07) is 9.34. The summed E-state index contributed by atoms with van der Waals surface area (Å²) < 4.78 is 5.67. The highest BCUT2D eigenvalue weighted by molar-refractivity contribution is 6.30. The van der Waals surface area contributed by atoms with Crippen molar-refractivity contribution in [2.45, 2.75) is 32.6 Å². The van der Waals surface area contributed by atoms with Crippen molar-refractivity contribution in [3.63, 3.8) is 0 Å². The van der Waals surface area contributed by atoms with E-state index < -0.39 is 0 Å². The lowest BCUT2D eigenvalue weighted by atomic mass is 10.2. The zero-order valence-electron chi connectivity index (χ0n) is 15.4. The highest BCUT2D eigenvalue weighted by atomic mass is 35.5. The monoisotopic (exact) mass is 385 g/mol. The first-order chi connectivity index (χ1) is 13.2. The highest BCUT2D eigenvalue weighted by Crippen LogP contribution is 2.16. The molecule has 2 N–H and O–H groups in total. The Kier molecular flexibility index (Phi) is 8.94. The van der Waals surface area contributed by atoms with Gasteiger partial charge >= 0.3 is 0 Å². The van der Waals surface area contributed by atoms with Crippen LogP contribution in [-0.4, -0.2) is 24.1 Å². The molecular formula is C20H24ClN5O. The van der Waals surface area contributed by atoms with Gasteiger partial charge in [0.2, 0.25) is 12.2 Å². The van der Waals surface area contributed by atoms with E-state index in [-0.39, 0.29) is 0 Å². The Labute approximate surface area is 165 Å². The van der Waals surface area contributed by atoms with Crippen molar-refractivity contribution in [2.75, 3.05) is 18.5 Å². The van der Waals surface area contributed by atoms with E-state index in [1.54, 1.807) is 12.4 Å². The molecule has 0 bridgehead atoms. The van der Waals surface area contributed by atoms with Crippen LogP contribution in [-0.2, 0) is 0 Å². The third-order valence-corrected chi connectivity index (χ3v) is 4.00. The molecule has 0 saturated carbocycles. The van der Waals surface area contributed by atoms with E-state index in [4.69, 9.17) is 21.6 Å². The quantitative estimate of drug-likeness (QED) is 0.287. The number of anilines is 1. The van der Waals surface area contributed by atoms with Crippen molar-refractivity contribution in [3.8, 4) is 11.9 Å². The molecule has 0 amide bonds. The van der Waals surface area contributed by atoms with Crippen molar-refractivity contribution < 1.29 is 4.74 Å². The maximum Gasteiger partial charge on any atom is 0.211 e. The van der Waals surface area contributed by atoms with E-state index in [0.717, 1.165) is 49.2 Å². The summed E-state index contributed by atoms with van der Waals surface area (Å²) in [5, 5.41) is 15.8. The lowest BCUT2D eigenvalue weighted by molar-refractivity contribution is 0.304. The van der Waals surface area contributed by atoms with Crippen molar-refractivity contribution in [3.05, 3.63) is 53.3 Å². The van der Waals surface area contributed by atoms with Gasteiger partial charge in [0.1, 0.15) is 5.75 Å². The summed E-state index contributed by atoms with van der Waals surface area (Å²) in [7, 11) is 0. The SMILES string of the molecule is Cc1cncc(N/C(=N/C#N)NCCCCCCOc2ccc(Cl)cc2)c1. The zero-order chi connectivity index (χ0) is 19.3. The number of nitrogens with zero attached hydrogens (tertiary/aromatic N) is 3. The minimum Gasteiger partial charge on any atom is -0.494 e. The number of aryl methyl sites for hydroxylation is 1. The fourth-order valence-corrected chi connectivity index (χ4v) is 2.56. The number of halogens is 1. The molecule has 0 aliphatic heterocycles. The fourth-order valence-electron chi connectivity index (χ4n) is 2.43. The Hall–Kier alpha value is -2.78. The molecule has 6 nitrogen and oxygen atoms in total. The van der Waals surface area contributed by atoms with Crippen LogP contribution >= 0.6 is 11.6 Å². The summed E-state index contributed by atoms with van der Waals surface area (Å²) in [6.45, 7) is 3.40. The zero-order valence-corrected chi connectivity index (χ0v) is 16.2. The van der Waals surface area contributed by atoms with Crippen LogP contribution in [0.4, 0.5) is 5.69 Å². The number of unbranched alkanes of at least 4 members (excludes halogenated alkanes) is 3. The van der Waals surface area contributed by atoms with Crippen LogP contribution in [0.25, 0.3) is 0 Å². The maximum absolute atomic E-state index is 8.82. The summed E-state index contributed by atoms with van der Waals surface area (Å²) in [6.07, 6.45) is 9.41. The lowest BCUT2D eigenvalue weighted by Crippen LogP contribution is -2.31. The molecule has 27 heavy (non-hydrogen) atoms. The van der Waals surface area contributed by atoms with E-state index in [2.05, 4.69) is 20.6 Å². The first-order valence-corrected chi connectivity index (χ1v) is 9.33. The Bertz CT molecular complexity index is 771. The van der Waals surface area contributed by atoms with Crippen molar-refractivity contribution >= 4 is 23.2 Å². The van der Waals surface area contributed by atoms with Crippen LogP contribution in [0.3, 0.4) is 0 Å². The van der Waals surface area contributed by atoms with Gasteiger partial charge in [0, 0.05) is 17.8 Å². The average molecular weight is 386 g/mol. The van der Waals surface area contributed by atoms with E-state index in [9.17, 15) is 0 Å². The van der Waals surface area contributed by atoms with Gasteiger partial charge in [-0.3, -0.25) is 4.98 Å². The minimum absolute atomic E-state index is 0.441. The predicted molar refractivity (Wildman–Crippen MR) is 109 cm³/mol. The molecule has 2 rings (SSSR count). The molecule has 1 heterocycles. The summed E-state index contributed by atoms with van der Waals surface area (Å²) >= 11 is 5.84. The average Bonchev–Trinajstić information content (AvgIpc) is 2.65. The number of nitrogens with one attached hydrogen (secondary N) is 2. The summed E-state index contributed by atoms with van der Waals surface area (Å²) in [4.78, 5) is 7.89. The molecule has 0 fully saturated rings. The molecule has 0 atom stereocenters. The first kappa shape index (κ1) is 20.5. The number of hydrogen-bond acceptors (Lipinski definition) is 4. The number of guanidine groups is 1. The minimum atomic E-state index is 0.441. The van der Waals surface area contributed by atoms with E-state index in [0.29, 0.717) is 17.6 Å². The predicted octanol–water partition coefficient (Wildman–Crippen LogP) is 4.52. The second-order valence-electron chi connectivity index (χ2n) is 6.08. The van der Waals surface area contributed by atoms with E-state index >= 15 is 0 Å². The molecule has 0 aliphatic carbocycles. The van der Waals surface area contributed by atoms with Gasteiger partial charge < -0.3 is 15.4 Å². The van der Waals surface area contributed by atoms with Crippen molar-refractivity contribution in [1.82, 2.24) is 10.3 Å². The molecule has 0 saturated heterocycles. The van der Waals surface area contributed by atoms with Crippen molar-refractivity contribution in [2.24, 2.45) is 4.99 Å². The Balaban J connectivity index is 1.58. The summed E-state index contributed by atoms with van der Waals surface area (Å²) in [5.74, 6) is 1.28. The van der Waals surface area contributed by atoms with Crippen LogP contribution in [0.15, 0.2) is 47.7 Å². The number of benzene rings is 1. The van der Waals surface area contributed by atoms with Crippen LogP contribution in [0, 0.1) is 18.4 Å². The third-order valence-electron chi connectivity index (χ3n) is 3.75. The molecule has 0 radical (unpaired) electrons. The van der Waals surface area contributed by atoms with Gasteiger partial charge in [0.25, 0.3) is 0 Å². The van der Waals surface area contributed by atoms with E-state index in [1.165, 1.54) is 0 Å². The van der Waals surface area contributed by atoms with Crippen LogP contribution < -0.4 is 15.4 Å². The smallest absolute Gasteiger partial charge is 0.211 e. The van der Waals surface area contributed by atoms with Crippen LogP contribution in [0.2, 0.25) is 5.02 Å². The molecule has 1 aromatic carbocycles. The molecule has 0 unspecified atom stereocenters. The van der Waals surface area contributed by atoms with Gasteiger partial charge in [-0.05, 0) is 55.7 Å². The summed E-state index contributed by atoms with van der Waals surface area (Å²) in [5.41, 5.74) is 1.84. The molecule has 0 spiro atoms. The second-order valence-corrected chi connectivity index (χ2v) is 6.52. The van der Waals surface area contributed by atoms with Gasteiger partial charge in [-0.1, -0.05) is 24.4 Å². The van der Waals surface area contributed by atoms with Gasteiger partial charge in [0.05, 0.1) is 18.5 Å². The molecular weight excluding hydrogens is 362 g/mol. The number of aromatic nitrogens is 1. The topological polar surface area (TPSA) is 82.3 Å². The first-order valence-electron chi connectivity index (χ1n) is 8.95. The third kappa shape index (κ3) is 8.43. The Morgan fingerprint density at radius 2 is 1.96 bits per heavy atom. The second kappa shape index (κ2) is 11.8. The molecule has 0 aliphatic rings. The van der Waals surface area contributed by atoms with Gasteiger partial charge in [0.15, 0.2) is 0 Å². The van der Waals surface area contributed by atoms with Crippen LogP contribution in [0.1, 0.15) is 31.2 Å². The van der Waals surface area contributed by atoms with Crippen molar-refractivity contribution in [1.29, 1.82) is 5.26 Å². The Morgan fingerprint density at radius 3 is 2.70 bits per heavy atom. The highest BCUT2D eigenvalue weighted by Gasteiger charge is 2.01. The number of rotatable bonds is 9. The molecule has 2 aromatic rings. The van der Waals surface area contributed by atoms with Crippen LogP contribution in [0.5, 0.6) is 5.75 Å². The van der Waals surface area contributed by atoms with E-state index in [1.807, 2.05) is 43.4 Å². The molecule has 142 valence electrons. The van der Waals surface area contributed by atoms with Gasteiger partial charge in [-0.25, -0.2) is 0 Å². The number of ether oxygens (including phenoxy) is 1. The van der Waals surface area contributed by atoms with Gasteiger partial charge in [-0.2, -0.15) is 5.26 Å². The van der Waals surface area contributed by atoms with Gasteiger partial charge in [-0.15, -0.1) is 4.99 Å².